The van der Waals surface area contributed by atoms with Crippen molar-refractivity contribution in [1.29, 1.82) is 0 Å². The number of unbranched alkanes of at least 4 members (excludes halogenated alkanes) is 15. The predicted molar refractivity (Wildman–Crippen MR) is 382 cm³/mol. The summed E-state index contributed by atoms with van der Waals surface area (Å²) in [4.78, 5) is 83.6. The van der Waals surface area contributed by atoms with Crippen LogP contribution in [0.2, 0.25) is 0 Å². The number of amides is 2. The maximum absolute atomic E-state index is 14.2. The Morgan fingerprint density at radius 1 is 0.380 bits per heavy atom. The molecule has 0 fully saturated rings. The minimum Gasteiger partial charge on any atom is -0.491 e. The van der Waals surface area contributed by atoms with Crippen molar-refractivity contribution in [2.45, 2.75) is 267 Å². The number of Topliss-reactive ketones (excluding diaryl/α,β-unsaturated/α-hetero) is 2. The summed E-state index contributed by atoms with van der Waals surface area (Å²) in [7, 11) is 0. The first-order chi connectivity index (χ1) is 47.4. The molecule has 0 aliphatic heterocycles. The van der Waals surface area contributed by atoms with Crippen molar-refractivity contribution < 1.29 is 89.8 Å². The zero-order valence-corrected chi connectivity index (χ0v) is 61.6. The van der Waals surface area contributed by atoms with Gasteiger partial charge in [-0.1, -0.05) is 184 Å². The van der Waals surface area contributed by atoms with Crippen LogP contribution in [0.25, 0.3) is 0 Å². The highest BCUT2D eigenvalue weighted by atomic mass is 19.1. The molecule has 0 radical (unpaired) electrons. The Balaban J connectivity index is 0.000000746. The fourth-order valence-corrected chi connectivity index (χ4v) is 10.2. The van der Waals surface area contributed by atoms with E-state index < -0.39 is 109 Å². The summed E-state index contributed by atoms with van der Waals surface area (Å²) < 4.78 is 90.7. The maximum atomic E-state index is 14.2. The van der Waals surface area contributed by atoms with E-state index in [9.17, 15) is 65.7 Å². The van der Waals surface area contributed by atoms with Crippen LogP contribution in [-0.2, 0) is 33.6 Å². The van der Waals surface area contributed by atoms with E-state index in [1.165, 1.54) is 82.4 Å². The molecule has 4 aromatic carbocycles. The molecule has 0 saturated carbocycles. The Bertz CT molecular complexity index is 2940. The van der Waals surface area contributed by atoms with E-state index in [-0.39, 0.29) is 41.5 Å². The number of rotatable bonds is 47. The largest absolute Gasteiger partial charge is 0.491 e. The zero-order valence-electron chi connectivity index (χ0n) is 61.6. The molecular formula is C79H117F5N2O14. The first-order valence-corrected chi connectivity index (χ1v) is 36.1. The smallest absolute Gasteiger partial charge is 0.305 e. The number of benzene rings is 4. The molecule has 3 atom stereocenters. The van der Waals surface area contributed by atoms with E-state index in [2.05, 4.69) is 59.1 Å². The van der Waals surface area contributed by atoms with Crippen molar-refractivity contribution in [3.8, 4) is 23.0 Å². The third kappa shape index (κ3) is 40.0. The van der Waals surface area contributed by atoms with Gasteiger partial charge in [0.1, 0.15) is 5.78 Å². The number of ether oxygens (including phenoxy) is 4. The quantitative estimate of drug-likeness (QED) is 0.0204. The highest BCUT2D eigenvalue weighted by Gasteiger charge is 2.33. The highest BCUT2D eigenvalue weighted by Crippen LogP contribution is 2.29. The van der Waals surface area contributed by atoms with Gasteiger partial charge in [0.2, 0.25) is 11.8 Å². The molecular weight excluding hydrogens is 1300 g/mol. The number of hydrogen-bond donors (Lipinski definition) is 5. The lowest BCUT2D eigenvalue weighted by atomic mass is 9.92. The van der Waals surface area contributed by atoms with Crippen LogP contribution in [0.1, 0.15) is 283 Å². The molecule has 562 valence electrons. The average Bonchev–Trinajstić information content (AvgIpc) is 0.854. The van der Waals surface area contributed by atoms with Crippen molar-refractivity contribution in [3.05, 3.63) is 118 Å². The molecule has 0 bridgehead atoms. The molecule has 0 aliphatic carbocycles. The minimum absolute atomic E-state index is 0.104. The summed E-state index contributed by atoms with van der Waals surface area (Å²) in [6.45, 7) is 25.7. The van der Waals surface area contributed by atoms with E-state index in [0.29, 0.717) is 81.0 Å². The summed E-state index contributed by atoms with van der Waals surface area (Å²) in [5, 5.41) is 32.3. The van der Waals surface area contributed by atoms with Crippen LogP contribution >= 0.6 is 0 Å². The zero-order chi connectivity index (χ0) is 75.1. The maximum Gasteiger partial charge on any atom is 0.305 e. The highest BCUT2D eigenvalue weighted by molar-refractivity contribution is 5.97. The average molecular weight is 1410 g/mol. The molecule has 16 nitrogen and oxygen atoms in total. The van der Waals surface area contributed by atoms with Crippen molar-refractivity contribution >= 4 is 41.3 Å². The summed E-state index contributed by atoms with van der Waals surface area (Å²) in [6, 6.07) is 16.5. The van der Waals surface area contributed by atoms with E-state index >= 15 is 0 Å². The number of ketones is 2. The van der Waals surface area contributed by atoms with Crippen LogP contribution in [0.3, 0.4) is 0 Å². The number of halogens is 5. The van der Waals surface area contributed by atoms with Gasteiger partial charge in [-0.15, -0.1) is 0 Å². The van der Waals surface area contributed by atoms with Crippen molar-refractivity contribution in [1.82, 2.24) is 10.6 Å². The summed E-state index contributed by atoms with van der Waals surface area (Å²) in [5.74, 6) is -10.5. The molecule has 0 aromatic heterocycles. The topological polar surface area (TPSA) is 241 Å². The lowest BCUT2D eigenvalue weighted by Crippen LogP contribution is -2.47. The molecule has 4 aromatic rings. The third-order valence-electron chi connectivity index (χ3n) is 16.3. The second kappa shape index (κ2) is 52.4. The standard InChI is InChI=1S/C31H43FN2O11.C16H24F2O.2C16H25FO/c1-18(2)20-8-9-26(23(32)13-20)45-11-7-5-4-6-10-33-30(43)22(16-28(39)40)14-25(36)24(17-29(41)42)34-31(44)21(12-19(3)35)15-27(37)38;1-4-5-6-7-8-9-19-16-14(17)10-13(12(2)3)11-15(16)18;2*1-4-5-6-7-8-11-18-16-10-9-14(13(2)3)12-15(16)17/h8-9,13,18,21-22,24H,4-7,10-12,14-17H2,1-3H3,(H,33,43)(H,34,44)(H,37,38)(H,39,40)(H,41,42);10-12H,4-9H2,1-3H3;2*9-10,12-13H,4-8,11H2,1-3H3/t21-,22-,24-;;;/m0.../s1. The summed E-state index contributed by atoms with van der Waals surface area (Å²) >= 11 is 0. The molecule has 21 heteroatoms. The summed E-state index contributed by atoms with van der Waals surface area (Å²) in [6.07, 6.45) is 16.3. The molecule has 4 rings (SSSR count). The molecule has 5 N–H and O–H groups in total. The van der Waals surface area contributed by atoms with E-state index in [1.54, 1.807) is 30.3 Å². The Labute approximate surface area is 592 Å². The molecule has 2 amide bonds. The van der Waals surface area contributed by atoms with Gasteiger partial charge in [0.15, 0.2) is 57.9 Å². The number of aliphatic carboxylic acids is 3. The molecule has 100 heavy (non-hydrogen) atoms. The summed E-state index contributed by atoms with van der Waals surface area (Å²) in [5.41, 5.74) is 3.56. The van der Waals surface area contributed by atoms with E-state index in [1.807, 2.05) is 45.9 Å². The van der Waals surface area contributed by atoms with E-state index in [4.69, 9.17) is 24.1 Å². The molecule has 0 saturated heterocycles. The fraction of sp³-hybridized carbons (Fsp3) is 0.608. The third-order valence-corrected chi connectivity index (χ3v) is 16.3. The van der Waals surface area contributed by atoms with Gasteiger partial charge in [0.25, 0.3) is 0 Å². The normalized spacial score (nSPS) is 11.8. The first kappa shape index (κ1) is 90.4. The Morgan fingerprint density at radius 2 is 0.700 bits per heavy atom. The predicted octanol–water partition coefficient (Wildman–Crippen LogP) is 19.1. The SMILES string of the molecule is CC(=O)C[C@@H](CC(=O)O)C(=O)N[C@@H](CC(=O)O)C(=O)C[C@@H](CC(=O)O)C(=O)NCCCCCCOc1ccc(C(C)C)cc1F.CCCCCCCOc1c(F)cc(C(C)C)cc1F.CCCCCCCOc1ccc(C(C)C)cc1F.CCCCCCCOc1ccc(C(C)C)cc1F. The Hall–Kier alpha value is -7.58. The second-order valence-corrected chi connectivity index (χ2v) is 26.7. The van der Waals surface area contributed by atoms with Gasteiger partial charge < -0.3 is 49.7 Å². The van der Waals surface area contributed by atoms with Crippen molar-refractivity contribution in [3.63, 3.8) is 0 Å². The van der Waals surface area contributed by atoms with Crippen LogP contribution in [0, 0.1) is 40.9 Å². The molecule has 0 heterocycles. The molecule has 0 aliphatic rings. The lowest BCUT2D eigenvalue weighted by molar-refractivity contribution is -0.144. The van der Waals surface area contributed by atoms with Gasteiger partial charge in [-0.05, 0) is 133 Å². The van der Waals surface area contributed by atoms with Crippen molar-refractivity contribution in [2.75, 3.05) is 33.0 Å². The number of carboxylic acid groups (broad SMARTS) is 3. The first-order valence-electron chi connectivity index (χ1n) is 36.1. The van der Waals surface area contributed by atoms with Crippen LogP contribution in [-0.4, -0.2) is 95.6 Å². The molecule has 0 unspecified atom stereocenters. The minimum atomic E-state index is -1.67. The monoisotopic (exact) mass is 1410 g/mol. The van der Waals surface area contributed by atoms with Gasteiger partial charge in [-0.25, -0.2) is 22.0 Å². The Kier molecular flexibility index (Phi) is 47.4. The van der Waals surface area contributed by atoms with Crippen molar-refractivity contribution in [2.24, 2.45) is 11.8 Å². The van der Waals surface area contributed by atoms with Gasteiger partial charge in [-0.3, -0.25) is 28.8 Å². The van der Waals surface area contributed by atoms with Gasteiger partial charge in [0.05, 0.1) is 63.6 Å². The van der Waals surface area contributed by atoms with E-state index in [0.717, 1.165) is 55.7 Å². The molecule has 0 spiro atoms. The van der Waals surface area contributed by atoms with Crippen LogP contribution in [0.5, 0.6) is 23.0 Å². The van der Waals surface area contributed by atoms with Crippen LogP contribution in [0.15, 0.2) is 66.7 Å². The lowest BCUT2D eigenvalue weighted by Gasteiger charge is -2.22. The number of carbonyl (C=O) groups is 7. The number of carboxylic acids is 3. The Morgan fingerprint density at radius 3 is 1.02 bits per heavy atom. The van der Waals surface area contributed by atoms with Gasteiger partial charge in [-0.2, -0.15) is 0 Å². The number of hydrogen-bond acceptors (Lipinski definition) is 11. The number of carbonyl (C=O) groups excluding carboxylic acids is 4. The van der Waals surface area contributed by atoms with Gasteiger partial charge >= 0.3 is 17.9 Å². The van der Waals surface area contributed by atoms with Gasteiger partial charge in [0, 0.05) is 19.4 Å². The second-order valence-electron chi connectivity index (χ2n) is 26.7. The number of nitrogens with one attached hydrogen (secondary N) is 2. The van der Waals surface area contributed by atoms with Crippen LogP contribution in [0.4, 0.5) is 22.0 Å². The fourth-order valence-electron chi connectivity index (χ4n) is 10.2. The van der Waals surface area contributed by atoms with Crippen LogP contribution < -0.4 is 29.6 Å².